The average Bonchev–Trinajstić information content (AvgIpc) is 2.70. The van der Waals surface area contributed by atoms with Crippen LogP contribution < -0.4 is 0 Å². The molecule has 0 N–H and O–H groups in total. The van der Waals surface area contributed by atoms with Crippen molar-refractivity contribution in [1.29, 1.82) is 0 Å². The van der Waals surface area contributed by atoms with Crippen LogP contribution in [0.3, 0.4) is 0 Å². The molecule has 3 rings (SSSR count). The van der Waals surface area contributed by atoms with E-state index in [4.69, 9.17) is 0 Å². The van der Waals surface area contributed by atoms with Gasteiger partial charge in [-0.2, -0.15) is 0 Å². The number of allylic oxidation sites excluding steroid dienone is 3. The van der Waals surface area contributed by atoms with E-state index in [1.807, 2.05) is 0 Å². The fourth-order valence-corrected chi connectivity index (χ4v) is 3.43. The van der Waals surface area contributed by atoms with Gasteiger partial charge in [0, 0.05) is 12.3 Å². The lowest BCUT2D eigenvalue weighted by Gasteiger charge is -2.32. The number of ketones is 1. The second kappa shape index (κ2) is 2.34. The minimum absolute atomic E-state index is 0.316. The number of hydrogen-bond donors (Lipinski definition) is 0. The van der Waals surface area contributed by atoms with Gasteiger partial charge in [-0.3, -0.25) is 4.79 Å². The zero-order valence-corrected chi connectivity index (χ0v) is 7.70. The highest BCUT2D eigenvalue weighted by molar-refractivity contribution is 5.84. The maximum atomic E-state index is 11.7. The van der Waals surface area contributed by atoms with Gasteiger partial charge in [0.1, 0.15) is 5.78 Å². The minimum Gasteiger partial charge on any atom is -0.299 e. The van der Waals surface area contributed by atoms with Crippen LogP contribution in [-0.4, -0.2) is 5.78 Å². The molecule has 1 nitrogen and oxygen atoms in total. The van der Waals surface area contributed by atoms with Crippen LogP contribution in [0.5, 0.6) is 0 Å². The van der Waals surface area contributed by atoms with Crippen molar-refractivity contribution in [2.45, 2.75) is 19.3 Å². The van der Waals surface area contributed by atoms with Crippen LogP contribution in [-0.2, 0) is 4.79 Å². The predicted octanol–water partition coefficient (Wildman–Crippen LogP) is 2.34. The number of carbonyl (C=O) groups is 1. The van der Waals surface area contributed by atoms with Gasteiger partial charge in [-0.1, -0.05) is 24.3 Å². The molecule has 2 bridgehead atoms. The van der Waals surface area contributed by atoms with Crippen LogP contribution in [0.4, 0.5) is 0 Å². The van der Waals surface area contributed by atoms with E-state index in [1.165, 1.54) is 12.0 Å². The van der Waals surface area contributed by atoms with Crippen LogP contribution in [0.15, 0.2) is 24.3 Å². The summed E-state index contributed by atoms with van der Waals surface area (Å²) in [6.45, 7) is 4.12. The Labute approximate surface area is 78.5 Å². The summed E-state index contributed by atoms with van der Waals surface area (Å²) < 4.78 is 0. The van der Waals surface area contributed by atoms with Crippen molar-refractivity contribution in [2.75, 3.05) is 0 Å². The van der Waals surface area contributed by atoms with Gasteiger partial charge < -0.3 is 0 Å². The molecule has 68 valence electrons. The number of carbonyl (C=O) groups excluding carboxylic acids is 1. The maximum Gasteiger partial charge on any atom is 0.137 e. The monoisotopic (exact) mass is 174 g/mol. The Morgan fingerprint density at radius 1 is 1.15 bits per heavy atom. The Hall–Kier alpha value is -0.850. The molecule has 0 radical (unpaired) electrons. The molecule has 0 aromatic carbocycles. The second-order valence-electron chi connectivity index (χ2n) is 4.62. The molecule has 0 saturated heterocycles. The number of rotatable bonds is 0. The third-order valence-electron chi connectivity index (χ3n) is 3.99. The Bertz CT molecular complexity index is 283. The van der Waals surface area contributed by atoms with Gasteiger partial charge >= 0.3 is 0 Å². The molecular formula is C12H14O. The Balaban J connectivity index is 2.03. The fourth-order valence-electron chi connectivity index (χ4n) is 3.43. The highest BCUT2D eigenvalue weighted by Crippen LogP contribution is 2.54. The quantitative estimate of drug-likeness (QED) is 0.515. The molecule has 4 atom stereocenters. The second-order valence-corrected chi connectivity index (χ2v) is 4.62. The SMILES string of the molecule is C=C1CCC(=O)C2C3C=CC(C3)C12. The molecule has 3 aliphatic rings. The van der Waals surface area contributed by atoms with Gasteiger partial charge in [-0.25, -0.2) is 0 Å². The average molecular weight is 174 g/mol. The first-order chi connectivity index (χ1) is 6.27. The summed E-state index contributed by atoms with van der Waals surface area (Å²) in [5.74, 6) is 2.52. The summed E-state index contributed by atoms with van der Waals surface area (Å²) in [6.07, 6.45) is 7.45. The third-order valence-corrected chi connectivity index (χ3v) is 3.99. The molecule has 3 aliphatic carbocycles. The van der Waals surface area contributed by atoms with Crippen molar-refractivity contribution in [3.63, 3.8) is 0 Å². The van der Waals surface area contributed by atoms with E-state index in [0.717, 1.165) is 12.8 Å². The zero-order chi connectivity index (χ0) is 9.00. The lowest BCUT2D eigenvalue weighted by molar-refractivity contribution is -0.125. The van der Waals surface area contributed by atoms with Crippen LogP contribution in [0, 0.1) is 23.7 Å². The summed E-state index contributed by atoms with van der Waals surface area (Å²) >= 11 is 0. The standard InChI is InChI=1S/C12H14O/c1-7-2-5-10(13)12-9-4-3-8(6-9)11(7)12/h3-4,8-9,11-12H,1-2,5-6H2. The van der Waals surface area contributed by atoms with E-state index in [1.54, 1.807) is 0 Å². The predicted molar refractivity (Wildman–Crippen MR) is 51.1 cm³/mol. The van der Waals surface area contributed by atoms with Crippen LogP contribution in [0.25, 0.3) is 0 Å². The van der Waals surface area contributed by atoms with E-state index >= 15 is 0 Å². The normalized spacial score (nSPS) is 47.1. The highest BCUT2D eigenvalue weighted by atomic mass is 16.1. The van der Waals surface area contributed by atoms with Crippen molar-refractivity contribution in [2.24, 2.45) is 23.7 Å². The Morgan fingerprint density at radius 2 is 1.85 bits per heavy atom. The van der Waals surface area contributed by atoms with Crippen molar-refractivity contribution < 1.29 is 4.79 Å². The van der Waals surface area contributed by atoms with Gasteiger partial charge in [0.15, 0.2) is 0 Å². The molecule has 0 heterocycles. The Morgan fingerprint density at radius 3 is 2.54 bits per heavy atom. The third kappa shape index (κ3) is 0.849. The largest absolute Gasteiger partial charge is 0.299 e. The number of hydrogen-bond acceptors (Lipinski definition) is 1. The molecule has 2 fully saturated rings. The van der Waals surface area contributed by atoms with Crippen LogP contribution in [0.1, 0.15) is 19.3 Å². The minimum atomic E-state index is 0.316. The molecule has 13 heavy (non-hydrogen) atoms. The van der Waals surface area contributed by atoms with E-state index in [2.05, 4.69) is 18.7 Å². The summed E-state index contributed by atoms with van der Waals surface area (Å²) in [5, 5.41) is 0. The van der Waals surface area contributed by atoms with Gasteiger partial charge in [0.2, 0.25) is 0 Å². The molecular weight excluding hydrogens is 160 g/mol. The molecule has 0 spiro atoms. The summed E-state index contributed by atoms with van der Waals surface area (Å²) in [5.41, 5.74) is 1.33. The van der Waals surface area contributed by atoms with E-state index in [0.29, 0.717) is 29.5 Å². The van der Waals surface area contributed by atoms with Crippen molar-refractivity contribution in [1.82, 2.24) is 0 Å². The lowest BCUT2D eigenvalue weighted by atomic mass is 9.70. The highest BCUT2D eigenvalue weighted by Gasteiger charge is 2.50. The first-order valence-corrected chi connectivity index (χ1v) is 5.16. The van der Waals surface area contributed by atoms with Crippen molar-refractivity contribution >= 4 is 5.78 Å². The Kier molecular flexibility index (Phi) is 1.36. The number of Topliss-reactive ketones (excluding diaryl/α,β-unsaturated/α-hetero) is 1. The maximum absolute atomic E-state index is 11.7. The van der Waals surface area contributed by atoms with E-state index < -0.39 is 0 Å². The smallest absolute Gasteiger partial charge is 0.137 e. The summed E-state index contributed by atoms with van der Waals surface area (Å²) in [6, 6.07) is 0. The molecule has 0 aromatic heterocycles. The van der Waals surface area contributed by atoms with Crippen LogP contribution >= 0.6 is 0 Å². The zero-order valence-electron chi connectivity index (χ0n) is 7.70. The lowest BCUT2D eigenvalue weighted by Crippen LogP contribution is -2.32. The van der Waals surface area contributed by atoms with Crippen molar-refractivity contribution in [3.05, 3.63) is 24.3 Å². The molecule has 2 saturated carbocycles. The van der Waals surface area contributed by atoms with E-state index in [9.17, 15) is 4.79 Å². The molecule has 0 amide bonds. The number of fused-ring (bicyclic) bond motifs is 5. The van der Waals surface area contributed by atoms with Gasteiger partial charge in [0.05, 0.1) is 0 Å². The van der Waals surface area contributed by atoms with Crippen LogP contribution in [0.2, 0.25) is 0 Å². The molecule has 0 aliphatic heterocycles. The van der Waals surface area contributed by atoms with Gasteiger partial charge in [-0.05, 0) is 30.6 Å². The first kappa shape index (κ1) is 7.54. The molecule has 1 heteroatoms. The molecule has 4 unspecified atom stereocenters. The summed E-state index contributed by atoms with van der Waals surface area (Å²) in [4.78, 5) is 11.7. The first-order valence-electron chi connectivity index (χ1n) is 5.16. The summed E-state index contributed by atoms with van der Waals surface area (Å²) in [7, 11) is 0. The topological polar surface area (TPSA) is 17.1 Å². The fraction of sp³-hybridized carbons (Fsp3) is 0.583. The van der Waals surface area contributed by atoms with E-state index in [-0.39, 0.29) is 0 Å². The molecule has 0 aromatic rings. The van der Waals surface area contributed by atoms with Gasteiger partial charge in [0.25, 0.3) is 0 Å². The van der Waals surface area contributed by atoms with Crippen molar-refractivity contribution in [3.8, 4) is 0 Å². The van der Waals surface area contributed by atoms with Gasteiger partial charge in [-0.15, -0.1) is 0 Å².